The molecule has 2 N–H and O–H groups in total. The first-order valence-electron chi connectivity index (χ1n) is 4.59. The Morgan fingerprint density at radius 3 is 2.50 bits per heavy atom. The number of hydrogen-bond donors (Lipinski definition) is 2. The summed E-state index contributed by atoms with van der Waals surface area (Å²) in [6.45, 7) is 1.79. The van der Waals surface area contributed by atoms with Crippen molar-refractivity contribution in [3.8, 4) is 5.75 Å². The Morgan fingerprint density at radius 1 is 1.19 bits per heavy atom. The van der Waals surface area contributed by atoms with Gasteiger partial charge in [-0.1, -0.05) is 18.2 Å². The Labute approximate surface area is 92.9 Å². The maximum atomic E-state index is 11.1. The number of benzene rings is 2. The number of phenolic OH excluding ortho intramolecular Hbond substituents is 1. The quantitative estimate of drug-likeness (QED) is 0.746. The highest BCUT2D eigenvalue weighted by Gasteiger charge is 2.16. The van der Waals surface area contributed by atoms with E-state index in [2.05, 4.69) is 0 Å². The summed E-state index contributed by atoms with van der Waals surface area (Å²) in [5.74, 6) is -0.150. The highest BCUT2D eigenvalue weighted by atomic mass is 32.2. The van der Waals surface area contributed by atoms with Crippen LogP contribution >= 0.6 is 0 Å². The standard InChI is InChI=1S/C11H10O4S/c1-7-5-8-3-2-4-10(16(13,14)15)11(8)9(12)6-7/h2-6,12H,1H3,(H,13,14,15). The van der Waals surface area contributed by atoms with Crippen LogP contribution in [0.5, 0.6) is 5.75 Å². The fourth-order valence-corrected chi connectivity index (χ4v) is 2.46. The van der Waals surface area contributed by atoms with E-state index in [1.807, 2.05) is 0 Å². The molecule has 84 valence electrons. The highest BCUT2D eigenvalue weighted by molar-refractivity contribution is 7.86. The predicted octanol–water partition coefficient (Wildman–Crippen LogP) is 2.10. The van der Waals surface area contributed by atoms with Crippen molar-refractivity contribution in [2.45, 2.75) is 11.8 Å². The molecule has 0 fully saturated rings. The molecule has 0 aromatic heterocycles. The second-order valence-corrected chi connectivity index (χ2v) is 5.00. The third kappa shape index (κ3) is 1.75. The minimum absolute atomic E-state index is 0.149. The van der Waals surface area contributed by atoms with Gasteiger partial charge >= 0.3 is 0 Å². The van der Waals surface area contributed by atoms with Gasteiger partial charge in [0.25, 0.3) is 10.1 Å². The summed E-state index contributed by atoms with van der Waals surface area (Å²) in [5, 5.41) is 10.4. The van der Waals surface area contributed by atoms with Crippen molar-refractivity contribution in [1.29, 1.82) is 0 Å². The van der Waals surface area contributed by atoms with Gasteiger partial charge in [-0.15, -0.1) is 0 Å². The lowest BCUT2D eigenvalue weighted by Crippen LogP contribution is -1.99. The van der Waals surface area contributed by atoms with Crippen molar-refractivity contribution in [2.75, 3.05) is 0 Å². The van der Waals surface area contributed by atoms with Gasteiger partial charge in [-0.3, -0.25) is 4.55 Å². The third-order valence-corrected chi connectivity index (χ3v) is 3.24. The zero-order valence-corrected chi connectivity index (χ0v) is 9.32. The molecule has 4 nitrogen and oxygen atoms in total. The first-order valence-corrected chi connectivity index (χ1v) is 6.03. The number of aryl methyl sites for hydroxylation is 1. The van der Waals surface area contributed by atoms with E-state index in [9.17, 15) is 13.5 Å². The maximum absolute atomic E-state index is 11.1. The molecular formula is C11H10O4S. The molecule has 2 rings (SSSR count). The van der Waals surface area contributed by atoms with Crippen LogP contribution in [0, 0.1) is 6.92 Å². The van der Waals surface area contributed by atoms with Crippen LogP contribution in [0.3, 0.4) is 0 Å². The van der Waals surface area contributed by atoms with E-state index >= 15 is 0 Å². The Morgan fingerprint density at radius 2 is 1.88 bits per heavy atom. The molecule has 0 bridgehead atoms. The summed E-state index contributed by atoms with van der Waals surface area (Å²) < 4.78 is 31.3. The first kappa shape index (κ1) is 10.9. The van der Waals surface area contributed by atoms with Crippen LogP contribution < -0.4 is 0 Å². The molecule has 0 aliphatic carbocycles. The number of aromatic hydroxyl groups is 1. The first-order chi connectivity index (χ1) is 7.39. The number of fused-ring (bicyclic) bond motifs is 1. The fraction of sp³-hybridized carbons (Fsp3) is 0.0909. The molecule has 0 amide bonds. The van der Waals surface area contributed by atoms with Crippen molar-refractivity contribution in [2.24, 2.45) is 0 Å². The van der Waals surface area contributed by atoms with E-state index in [0.717, 1.165) is 5.56 Å². The molecular weight excluding hydrogens is 228 g/mol. The molecule has 0 saturated carbocycles. The van der Waals surface area contributed by atoms with E-state index in [-0.39, 0.29) is 16.0 Å². The van der Waals surface area contributed by atoms with E-state index in [4.69, 9.17) is 4.55 Å². The number of rotatable bonds is 1. The molecule has 16 heavy (non-hydrogen) atoms. The molecule has 0 unspecified atom stereocenters. The average Bonchev–Trinajstić information content (AvgIpc) is 2.14. The van der Waals surface area contributed by atoms with Gasteiger partial charge in [-0.25, -0.2) is 0 Å². The third-order valence-electron chi connectivity index (χ3n) is 2.34. The molecule has 0 heterocycles. The molecule has 0 atom stereocenters. The Kier molecular flexibility index (Phi) is 2.36. The van der Waals surface area contributed by atoms with Crippen LogP contribution in [0.4, 0.5) is 0 Å². The van der Waals surface area contributed by atoms with Crippen LogP contribution in [0.25, 0.3) is 10.8 Å². The molecule has 0 saturated heterocycles. The second kappa shape index (κ2) is 3.47. The van der Waals surface area contributed by atoms with Crippen molar-refractivity contribution in [3.63, 3.8) is 0 Å². The minimum Gasteiger partial charge on any atom is -0.507 e. The summed E-state index contributed by atoms with van der Waals surface area (Å²) in [6, 6.07) is 7.65. The van der Waals surface area contributed by atoms with Gasteiger partial charge in [0.2, 0.25) is 0 Å². The minimum atomic E-state index is -4.32. The highest BCUT2D eigenvalue weighted by Crippen LogP contribution is 2.31. The van der Waals surface area contributed by atoms with Crippen LogP contribution in [0.2, 0.25) is 0 Å². The lowest BCUT2D eigenvalue weighted by molar-refractivity contribution is 0.474. The van der Waals surface area contributed by atoms with E-state index in [1.165, 1.54) is 18.2 Å². The summed E-state index contributed by atoms with van der Waals surface area (Å²) in [4.78, 5) is -0.275. The van der Waals surface area contributed by atoms with Crippen molar-refractivity contribution >= 4 is 20.9 Å². The molecule has 2 aromatic carbocycles. The van der Waals surface area contributed by atoms with Crippen LogP contribution in [-0.2, 0) is 10.1 Å². The van der Waals surface area contributed by atoms with E-state index in [1.54, 1.807) is 19.1 Å². The normalized spacial score (nSPS) is 11.9. The fourth-order valence-electron chi connectivity index (χ4n) is 1.73. The molecule has 0 aliphatic heterocycles. The summed E-state index contributed by atoms with van der Waals surface area (Å²) in [6.07, 6.45) is 0. The van der Waals surface area contributed by atoms with Crippen molar-refractivity contribution < 1.29 is 18.1 Å². The largest absolute Gasteiger partial charge is 0.507 e. The van der Waals surface area contributed by atoms with E-state index < -0.39 is 10.1 Å². The summed E-state index contributed by atoms with van der Waals surface area (Å²) in [5.41, 5.74) is 0.817. The molecule has 2 aromatic rings. The lowest BCUT2D eigenvalue weighted by Gasteiger charge is -2.06. The average molecular weight is 238 g/mol. The predicted molar refractivity (Wildman–Crippen MR) is 60.2 cm³/mol. The Balaban J connectivity index is 2.99. The van der Waals surface area contributed by atoms with Gasteiger partial charge in [0.1, 0.15) is 10.6 Å². The second-order valence-electron chi connectivity index (χ2n) is 3.61. The van der Waals surface area contributed by atoms with Crippen LogP contribution in [0.1, 0.15) is 5.56 Å². The SMILES string of the molecule is Cc1cc(O)c2c(S(=O)(=O)O)cccc2c1. The van der Waals surface area contributed by atoms with Crippen LogP contribution in [0.15, 0.2) is 35.2 Å². The van der Waals surface area contributed by atoms with E-state index in [0.29, 0.717) is 5.39 Å². The Bertz CT molecular complexity index is 659. The monoisotopic (exact) mass is 238 g/mol. The van der Waals surface area contributed by atoms with Gasteiger partial charge in [0.15, 0.2) is 0 Å². The topological polar surface area (TPSA) is 74.6 Å². The number of hydrogen-bond acceptors (Lipinski definition) is 3. The molecule has 0 aliphatic rings. The molecule has 0 radical (unpaired) electrons. The van der Waals surface area contributed by atoms with Gasteiger partial charge in [0.05, 0.1) is 0 Å². The van der Waals surface area contributed by atoms with Crippen molar-refractivity contribution in [1.82, 2.24) is 0 Å². The van der Waals surface area contributed by atoms with Crippen molar-refractivity contribution in [3.05, 3.63) is 35.9 Å². The van der Waals surface area contributed by atoms with Gasteiger partial charge in [-0.05, 0) is 30.0 Å². The summed E-state index contributed by atoms with van der Waals surface area (Å²) in [7, 11) is -4.32. The van der Waals surface area contributed by atoms with Gasteiger partial charge in [0, 0.05) is 5.39 Å². The molecule has 0 spiro atoms. The lowest BCUT2D eigenvalue weighted by atomic mass is 10.1. The smallest absolute Gasteiger partial charge is 0.295 e. The zero-order chi connectivity index (χ0) is 11.9. The molecule has 5 heteroatoms. The maximum Gasteiger partial charge on any atom is 0.295 e. The summed E-state index contributed by atoms with van der Waals surface area (Å²) >= 11 is 0. The Hall–Kier alpha value is -1.59. The van der Waals surface area contributed by atoms with Gasteiger partial charge < -0.3 is 5.11 Å². The zero-order valence-electron chi connectivity index (χ0n) is 8.51. The number of phenols is 1. The van der Waals surface area contributed by atoms with Crippen LogP contribution in [-0.4, -0.2) is 18.1 Å². The van der Waals surface area contributed by atoms with Gasteiger partial charge in [-0.2, -0.15) is 8.42 Å².